The Hall–Kier alpha value is -2.07. The van der Waals surface area contributed by atoms with Gasteiger partial charge in [-0.1, -0.05) is 24.3 Å². The van der Waals surface area contributed by atoms with E-state index in [-0.39, 0.29) is 5.75 Å². The SMILES string of the molecule is COc1ccc(C(C)(N)c2ccccc2OC)cc1F. The smallest absolute Gasteiger partial charge is 0.165 e. The van der Waals surface area contributed by atoms with Gasteiger partial charge in [0.25, 0.3) is 0 Å². The minimum absolute atomic E-state index is 0.199. The molecule has 4 heteroatoms. The zero-order valence-electron chi connectivity index (χ0n) is 11.8. The van der Waals surface area contributed by atoms with Crippen molar-refractivity contribution in [2.24, 2.45) is 5.73 Å². The highest BCUT2D eigenvalue weighted by Crippen LogP contribution is 2.34. The Kier molecular flexibility index (Phi) is 3.95. The molecule has 0 aromatic heterocycles. The molecule has 0 aliphatic rings. The first-order valence-electron chi connectivity index (χ1n) is 6.27. The minimum atomic E-state index is -0.861. The molecule has 1 atom stereocenters. The monoisotopic (exact) mass is 275 g/mol. The van der Waals surface area contributed by atoms with Gasteiger partial charge in [-0.3, -0.25) is 0 Å². The summed E-state index contributed by atoms with van der Waals surface area (Å²) in [5.74, 6) is 0.440. The van der Waals surface area contributed by atoms with Crippen molar-refractivity contribution in [3.63, 3.8) is 0 Å². The van der Waals surface area contributed by atoms with Crippen LogP contribution in [0, 0.1) is 5.82 Å². The largest absolute Gasteiger partial charge is 0.496 e. The summed E-state index contributed by atoms with van der Waals surface area (Å²) in [5.41, 5.74) is 7.00. The van der Waals surface area contributed by atoms with Crippen LogP contribution >= 0.6 is 0 Å². The van der Waals surface area contributed by atoms with Crippen molar-refractivity contribution in [2.45, 2.75) is 12.5 Å². The lowest BCUT2D eigenvalue weighted by Crippen LogP contribution is -2.34. The van der Waals surface area contributed by atoms with Gasteiger partial charge in [0.05, 0.1) is 19.8 Å². The van der Waals surface area contributed by atoms with Crippen LogP contribution < -0.4 is 15.2 Å². The van der Waals surface area contributed by atoms with E-state index in [4.69, 9.17) is 15.2 Å². The summed E-state index contributed by atoms with van der Waals surface area (Å²) in [7, 11) is 3.02. The summed E-state index contributed by atoms with van der Waals surface area (Å²) in [6.45, 7) is 1.83. The molecule has 0 saturated carbocycles. The molecule has 0 fully saturated rings. The number of halogens is 1. The van der Waals surface area contributed by atoms with Gasteiger partial charge in [0, 0.05) is 5.56 Å². The third kappa shape index (κ3) is 2.47. The van der Waals surface area contributed by atoms with Gasteiger partial charge in [-0.2, -0.15) is 0 Å². The van der Waals surface area contributed by atoms with E-state index in [1.807, 2.05) is 31.2 Å². The lowest BCUT2D eigenvalue weighted by Gasteiger charge is -2.28. The highest BCUT2D eigenvalue weighted by atomic mass is 19.1. The molecular weight excluding hydrogens is 257 g/mol. The Labute approximate surface area is 118 Å². The second kappa shape index (κ2) is 5.51. The standard InChI is InChI=1S/C16H18FNO2/c1-16(18,12-6-4-5-7-14(12)19-2)11-8-9-15(20-3)13(17)10-11/h4-10H,18H2,1-3H3. The quantitative estimate of drug-likeness (QED) is 0.932. The van der Waals surface area contributed by atoms with Crippen molar-refractivity contribution in [2.75, 3.05) is 14.2 Å². The predicted octanol–water partition coefficient (Wildman–Crippen LogP) is 3.07. The number of para-hydroxylation sites is 1. The summed E-state index contributed by atoms with van der Waals surface area (Å²) in [6.07, 6.45) is 0. The van der Waals surface area contributed by atoms with Gasteiger partial charge in [0.2, 0.25) is 0 Å². The third-order valence-corrected chi connectivity index (χ3v) is 3.42. The lowest BCUT2D eigenvalue weighted by molar-refractivity contribution is 0.384. The van der Waals surface area contributed by atoms with Crippen molar-refractivity contribution in [1.82, 2.24) is 0 Å². The van der Waals surface area contributed by atoms with Crippen LogP contribution in [0.4, 0.5) is 4.39 Å². The fourth-order valence-electron chi connectivity index (χ4n) is 2.22. The average molecular weight is 275 g/mol. The second-order valence-electron chi connectivity index (χ2n) is 4.75. The lowest BCUT2D eigenvalue weighted by atomic mass is 9.85. The molecule has 106 valence electrons. The molecule has 20 heavy (non-hydrogen) atoms. The number of hydrogen-bond acceptors (Lipinski definition) is 3. The van der Waals surface area contributed by atoms with E-state index in [0.29, 0.717) is 11.3 Å². The zero-order valence-corrected chi connectivity index (χ0v) is 11.8. The molecule has 0 aliphatic carbocycles. The molecule has 0 bridgehead atoms. The minimum Gasteiger partial charge on any atom is -0.496 e. The number of methoxy groups -OCH3 is 2. The second-order valence-corrected chi connectivity index (χ2v) is 4.75. The van der Waals surface area contributed by atoms with Gasteiger partial charge >= 0.3 is 0 Å². The van der Waals surface area contributed by atoms with Crippen LogP contribution in [0.3, 0.4) is 0 Å². The number of nitrogens with two attached hydrogens (primary N) is 1. The Morgan fingerprint density at radius 1 is 1.00 bits per heavy atom. The van der Waals surface area contributed by atoms with Crippen molar-refractivity contribution in [3.05, 3.63) is 59.4 Å². The molecule has 0 amide bonds. The van der Waals surface area contributed by atoms with E-state index < -0.39 is 11.4 Å². The summed E-state index contributed by atoms with van der Waals surface area (Å²) >= 11 is 0. The maximum Gasteiger partial charge on any atom is 0.165 e. The Balaban J connectivity index is 2.51. The molecular formula is C16H18FNO2. The number of benzene rings is 2. The van der Waals surface area contributed by atoms with Crippen molar-refractivity contribution >= 4 is 0 Å². The van der Waals surface area contributed by atoms with Gasteiger partial charge in [0.15, 0.2) is 11.6 Å². The summed E-state index contributed by atoms with van der Waals surface area (Å²) in [5, 5.41) is 0. The summed E-state index contributed by atoms with van der Waals surface area (Å²) in [6, 6.07) is 12.2. The first-order chi connectivity index (χ1) is 9.50. The molecule has 0 saturated heterocycles. The van der Waals surface area contributed by atoms with Crippen LogP contribution in [0.25, 0.3) is 0 Å². The van der Waals surface area contributed by atoms with E-state index in [1.165, 1.54) is 13.2 Å². The van der Waals surface area contributed by atoms with Crippen molar-refractivity contribution in [3.8, 4) is 11.5 Å². The van der Waals surface area contributed by atoms with Crippen LogP contribution in [0.15, 0.2) is 42.5 Å². The van der Waals surface area contributed by atoms with E-state index >= 15 is 0 Å². The van der Waals surface area contributed by atoms with Crippen LogP contribution in [-0.2, 0) is 5.54 Å². The van der Waals surface area contributed by atoms with Gasteiger partial charge in [-0.25, -0.2) is 4.39 Å². The van der Waals surface area contributed by atoms with Gasteiger partial charge in [-0.05, 0) is 30.7 Å². The molecule has 0 spiro atoms. The van der Waals surface area contributed by atoms with E-state index in [2.05, 4.69) is 0 Å². The zero-order chi connectivity index (χ0) is 14.8. The van der Waals surface area contributed by atoms with Gasteiger partial charge in [0.1, 0.15) is 5.75 Å². The topological polar surface area (TPSA) is 44.5 Å². The molecule has 3 nitrogen and oxygen atoms in total. The van der Waals surface area contributed by atoms with Crippen molar-refractivity contribution in [1.29, 1.82) is 0 Å². The molecule has 0 aliphatic heterocycles. The van der Waals surface area contributed by atoms with Crippen LogP contribution in [0.2, 0.25) is 0 Å². The molecule has 1 unspecified atom stereocenters. The highest BCUT2D eigenvalue weighted by Gasteiger charge is 2.27. The fourth-order valence-corrected chi connectivity index (χ4v) is 2.22. The highest BCUT2D eigenvalue weighted by molar-refractivity contribution is 5.46. The molecule has 2 rings (SSSR count). The van der Waals surface area contributed by atoms with E-state index in [0.717, 1.165) is 5.56 Å². The molecule has 0 radical (unpaired) electrons. The molecule has 2 N–H and O–H groups in total. The Morgan fingerprint density at radius 3 is 2.25 bits per heavy atom. The normalized spacial score (nSPS) is 13.7. The van der Waals surface area contributed by atoms with Crippen LogP contribution in [-0.4, -0.2) is 14.2 Å². The number of rotatable bonds is 4. The van der Waals surface area contributed by atoms with Crippen LogP contribution in [0.1, 0.15) is 18.1 Å². The maximum atomic E-state index is 13.9. The summed E-state index contributed by atoms with van der Waals surface area (Å²) < 4.78 is 24.1. The average Bonchev–Trinajstić information content (AvgIpc) is 2.47. The first-order valence-corrected chi connectivity index (χ1v) is 6.27. The van der Waals surface area contributed by atoms with Gasteiger partial charge in [-0.15, -0.1) is 0 Å². The Morgan fingerprint density at radius 2 is 1.65 bits per heavy atom. The fraction of sp³-hybridized carbons (Fsp3) is 0.250. The van der Waals surface area contributed by atoms with E-state index in [9.17, 15) is 4.39 Å². The first kappa shape index (κ1) is 14.3. The molecule has 2 aromatic carbocycles. The molecule has 2 aromatic rings. The summed E-state index contributed by atoms with van der Waals surface area (Å²) in [4.78, 5) is 0. The van der Waals surface area contributed by atoms with E-state index in [1.54, 1.807) is 19.2 Å². The predicted molar refractivity (Wildman–Crippen MR) is 76.6 cm³/mol. The number of hydrogen-bond donors (Lipinski definition) is 1. The maximum absolute atomic E-state index is 13.9. The Bertz CT molecular complexity index is 611. The van der Waals surface area contributed by atoms with Crippen molar-refractivity contribution < 1.29 is 13.9 Å². The van der Waals surface area contributed by atoms with Crippen LogP contribution in [0.5, 0.6) is 11.5 Å². The van der Waals surface area contributed by atoms with Gasteiger partial charge < -0.3 is 15.2 Å². The molecule has 0 heterocycles. The third-order valence-electron chi connectivity index (χ3n) is 3.42. The number of ether oxygens (including phenoxy) is 2.